The van der Waals surface area contributed by atoms with Gasteiger partial charge in [-0.3, -0.25) is 0 Å². The zero-order chi connectivity index (χ0) is 14.4. The van der Waals surface area contributed by atoms with Crippen molar-refractivity contribution < 1.29 is 5.11 Å². The van der Waals surface area contributed by atoms with E-state index in [-0.39, 0.29) is 6.04 Å². The van der Waals surface area contributed by atoms with E-state index in [1.54, 1.807) is 6.07 Å². The van der Waals surface area contributed by atoms with Crippen molar-refractivity contribution in [2.75, 3.05) is 0 Å². The van der Waals surface area contributed by atoms with Crippen molar-refractivity contribution in [3.63, 3.8) is 0 Å². The summed E-state index contributed by atoms with van der Waals surface area (Å²) >= 11 is 3.48. The molecule has 2 nitrogen and oxygen atoms in total. The zero-order valence-electron chi connectivity index (χ0n) is 12.4. The van der Waals surface area contributed by atoms with Crippen LogP contribution in [0, 0.1) is 10.8 Å². The van der Waals surface area contributed by atoms with Crippen molar-refractivity contribution in [2.45, 2.75) is 53.1 Å². The Labute approximate surface area is 124 Å². The summed E-state index contributed by atoms with van der Waals surface area (Å²) in [4.78, 5) is 0. The average Bonchev–Trinajstić information content (AvgIpc) is 2.71. The molecule has 0 bridgehead atoms. The van der Waals surface area contributed by atoms with Crippen LogP contribution in [0.25, 0.3) is 0 Å². The Hall–Kier alpha value is -0.540. The van der Waals surface area contributed by atoms with Crippen LogP contribution >= 0.6 is 15.9 Å². The predicted molar refractivity (Wildman–Crippen MR) is 83.3 cm³/mol. The number of phenols is 1. The van der Waals surface area contributed by atoms with Gasteiger partial charge in [0.25, 0.3) is 0 Å². The van der Waals surface area contributed by atoms with Gasteiger partial charge in [-0.1, -0.05) is 50.5 Å². The first-order valence-electron chi connectivity index (χ1n) is 6.96. The van der Waals surface area contributed by atoms with Crippen LogP contribution in [-0.2, 0) is 0 Å². The molecule has 0 heterocycles. The number of hydrogen-bond acceptors (Lipinski definition) is 2. The van der Waals surface area contributed by atoms with Crippen molar-refractivity contribution >= 4 is 15.9 Å². The van der Waals surface area contributed by atoms with Gasteiger partial charge in [0, 0.05) is 22.1 Å². The molecule has 0 radical (unpaired) electrons. The summed E-state index contributed by atoms with van der Waals surface area (Å²) in [6.45, 7) is 11.4. The van der Waals surface area contributed by atoms with E-state index in [2.05, 4.69) is 55.9 Å². The van der Waals surface area contributed by atoms with Crippen LogP contribution < -0.4 is 5.32 Å². The van der Waals surface area contributed by atoms with Gasteiger partial charge in [-0.2, -0.15) is 0 Å². The first kappa shape index (κ1) is 14.9. The molecule has 2 N–H and O–H groups in total. The van der Waals surface area contributed by atoms with Gasteiger partial charge in [-0.15, -0.1) is 0 Å². The van der Waals surface area contributed by atoms with E-state index in [1.807, 2.05) is 12.1 Å². The van der Waals surface area contributed by atoms with Crippen molar-refractivity contribution in [1.29, 1.82) is 0 Å². The minimum atomic E-state index is 0.198. The fraction of sp³-hybridized carbons (Fsp3) is 0.625. The number of benzene rings is 1. The molecule has 0 aliphatic heterocycles. The highest BCUT2D eigenvalue weighted by Crippen LogP contribution is 2.63. The van der Waals surface area contributed by atoms with Crippen molar-refractivity contribution in [3.05, 3.63) is 28.2 Å². The molecule has 1 aromatic rings. The van der Waals surface area contributed by atoms with Crippen molar-refractivity contribution in [3.8, 4) is 5.75 Å². The van der Waals surface area contributed by atoms with Crippen LogP contribution in [0.1, 0.15) is 52.6 Å². The Morgan fingerprint density at radius 3 is 2.32 bits per heavy atom. The molecule has 106 valence electrons. The lowest BCUT2D eigenvalue weighted by Gasteiger charge is -2.20. The third kappa shape index (κ3) is 2.43. The molecular weight excluding hydrogens is 302 g/mol. The summed E-state index contributed by atoms with van der Waals surface area (Å²) in [7, 11) is 0. The van der Waals surface area contributed by atoms with E-state index >= 15 is 0 Å². The molecule has 1 fully saturated rings. The Balaban J connectivity index is 2.21. The number of halogens is 1. The van der Waals surface area contributed by atoms with Crippen LogP contribution in [-0.4, -0.2) is 11.1 Å². The lowest BCUT2D eigenvalue weighted by atomic mass is 10.0. The molecule has 1 aliphatic rings. The maximum Gasteiger partial charge on any atom is 0.120 e. The summed E-state index contributed by atoms with van der Waals surface area (Å²) in [6, 6.07) is 6.33. The number of nitrogens with one attached hydrogen (secondary N) is 1. The molecule has 0 spiro atoms. The largest absolute Gasteiger partial charge is 0.508 e. The molecule has 0 saturated heterocycles. The van der Waals surface area contributed by atoms with Crippen LogP contribution in [0.3, 0.4) is 0 Å². The standard InChI is InChI=1S/C16H24BrNO/c1-6-12(11-9-10(17)7-8-13(11)19)18-14-15(2,3)16(14,4)5/h7-9,12,14,18-19H,6H2,1-5H3. The second-order valence-electron chi connectivity index (χ2n) is 6.71. The lowest BCUT2D eigenvalue weighted by molar-refractivity contribution is 0.422. The minimum Gasteiger partial charge on any atom is -0.508 e. The number of rotatable bonds is 4. The van der Waals surface area contributed by atoms with Crippen LogP contribution in [0.2, 0.25) is 0 Å². The van der Waals surface area contributed by atoms with E-state index in [9.17, 15) is 5.11 Å². The Morgan fingerprint density at radius 1 is 1.26 bits per heavy atom. The van der Waals surface area contributed by atoms with E-state index < -0.39 is 0 Å². The average molecular weight is 326 g/mol. The maximum absolute atomic E-state index is 10.1. The molecule has 2 rings (SSSR count). The van der Waals surface area contributed by atoms with Gasteiger partial charge in [0.05, 0.1) is 0 Å². The van der Waals surface area contributed by atoms with E-state index in [4.69, 9.17) is 0 Å². The first-order chi connectivity index (χ1) is 8.71. The van der Waals surface area contributed by atoms with Gasteiger partial charge >= 0.3 is 0 Å². The summed E-state index contributed by atoms with van der Waals surface area (Å²) < 4.78 is 1.01. The van der Waals surface area contributed by atoms with E-state index in [0.717, 1.165) is 16.5 Å². The third-order valence-electron chi connectivity index (χ3n) is 5.16. The Bertz CT molecular complexity index is 468. The zero-order valence-corrected chi connectivity index (χ0v) is 14.0. The number of hydrogen-bond donors (Lipinski definition) is 2. The normalized spacial score (nSPS) is 22.2. The molecule has 19 heavy (non-hydrogen) atoms. The highest BCUT2D eigenvalue weighted by atomic mass is 79.9. The number of aromatic hydroxyl groups is 1. The second kappa shape index (κ2) is 4.78. The lowest BCUT2D eigenvalue weighted by Crippen LogP contribution is -2.27. The van der Waals surface area contributed by atoms with Crippen LogP contribution in [0.5, 0.6) is 5.75 Å². The quantitative estimate of drug-likeness (QED) is 0.845. The molecule has 1 aliphatic carbocycles. The summed E-state index contributed by atoms with van der Waals surface area (Å²) in [5, 5.41) is 13.8. The highest BCUT2D eigenvalue weighted by Gasteiger charge is 2.64. The minimum absolute atomic E-state index is 0.198. The monoisotopic (exact) mass is 325 g/mol. The van der Waals surface area contributed by atoms with Gasteiger partial charge < -0.3 is 10.4 Å². The summed E-state index contributed by atoms with van der Waals surface area (Å²) in [6.07, 6.45) is 0.965. The molecule has 0 aromatic heterocycles. The fourth-order valence-electron chi connectivity index (χ4n) is 3.05. The molecule has 0 amide bonds. The SMILES string of the molecule is CCC(NC1C(C)(C)C1(C)C)c1cc(Br)ccc1O. The topological polar surface area (TPSA) is 32.3 Å². The Kier molecular flexibility index (Phi) is 3.74. The van der Waals surface area contributed by atoms with Crippen molar-refractivity contribution in [2.24, 2.45) is 10.8 Å². The molecule has 1 saturated carbocycles. The summed E-state index contributed by atoms with van der Waals surface area (Å²) in [5.41, 5.74) is 1.60. The van der Waals surface area contributed by atoms with Crippen LogP contribution in [0.15, 0.2) is 22.7 Å². The molecule has 1 aromatic carbocycles. The predicted octanol–water partition coefficient (Wildman–Crippen LogP) is 4.63. The third-order valence-corrected chi connectivity index (χ3v) is 5.66. The molecule has 3 heteroatoms. The van der Waals surface area contributed by atoms with Crippen molar-refractivity contribution in [1.82, 2.24) is 5.32 Å². The molecule has 1 atom stereocenters. The van der Waals surface area contributed by atoms with Gasteiger partial charge in [0.15, 0.2) is 0 Å². The second-order valence-corrected chi connectivity index (χ2v) is 7.62. The smallest absolute Gasteiger partial charge is 0.120 e. The van der Waals surface area contributed by atoms with Gasteiger partial charge in [0.2, 0.25) is 0 Å². The molecular formula is C16H24BrNO. The van der Waals surface area contributed by atoms with E-state index in [1.165, 1.54) is 0 Å². The molecule has 1 unspecified atom stereocenters. The van der Waals surface area contributed by atoms with Crippen LogP contribution in [0.4, 0.5) is 0 Å². The van der Waals surface area contributed by atoms with Gasteiger partial charge in [-0.05, 0) is 35.4 Å². The summed E-state index contributed by atoms with van der Waals surface area (Å²) in [5.74, 6) is 0.374. The highest BCUT2D eigenvalue weighted by molar-refractivity contribution is 9.10. The fourth-order valence-corrected chi connectivity index (χ4v) is 3.43. The Morgan fingerprint density at radius 2 is 1.84 bits per heavy atom. The van der Waals surface area contributed by atoms with Gasteiger partial charge in [-0.25, -0.2) is 0 Å². The van der Waals surface area contributed by atoms with E-state index in [0.29, 0.717) is 22.6 Å². The number of phenolic OH excluding ortho intramolecular Hbond substituents is 1. The maximum atomic E-state index is 10.1. The first-order valence-corrected chi connectivity index (χ1v) is 7.75. The van der Waals surface area contributed by atoms with Gasteiger partial charge in [0.1, 0.15) is 5.75 Å².